The van der Waals surface area contributed by atoms with E-state index in [-0.39, 0.29) is 23.8 Å². The molecular weight excluding hydrogens is 287 g/mol. The summed E-state index contributed by atoms with van der Waals surface area (Å²) in [4.78, 5) is 13.9. The molecule has 0 saturated carbocycles. The molecule has 0 spiro atoms. The van der Waals surface area contributed by atoms with Crippen LogP contribution in [0.25, 0.3) is 0 Å². The maximum atomic E-state index is 13.8. The third-order valence-corrected chi connectivity index (χ3v) is 3.99. The molecule has 2 N–H and O–H groups in total. The Bertz CT molecular complexity index is 514. The fourth-order valence-corrected chi connectivity index (χ4v) is 2.64. The number of anilines is 1. The monoisotopic (exact) mass is 310 g/mol. The zero-order valence-corrected chi connectivity index (χ0v) is 13.0. The number of aliphatic hydroxyl groups is 1. The van der Waals surface area contributed by atoms with Crippen molar-refractivity contribution in [1.82, 2.24) is 4.90 Å². The van der Waals surface area contributed by atoms with Gasteiger partial charge in [0.05, 0.1) is 12.7 Å². The van der Waals surface area contributed by atoms with E-state index in [0.717, 1.165) is 12.8 Å². The minimum atomic E-state index is -0.493. The second-order valence-corrected chi connectivity index (χ2v) is 5.57. The van der Waals surface area contributed by atoms with E-state index in [1.807, 2.05) is 0 Å². The van der Waals surface area contributed by atoms with Gasteiger partial charge < -0.3 is 20.1 Å². The Kier molecular flexibility index (Phi) is 5.60. The van der Waals surface area contributed by atoms with E-state index in [9.17, 15) is 14.3 Å². The minimum absolute atomic E-state index is 0.179. The number of nitrogens with one attached hydrogen (secondary N) is 1. The molecule has 0 aliphatic carbocycles. The Morgan fingerprint density at radius 1 is 1.50 bits per heavy atom. The number of hydrogen-bond acceptors (Lipinski definition) is 3. The standard InChI is InChI=1S/C16H23FN2O3/c1-3-22-15-5-4-13(10-14(15)17)18-16(21)19-8-6-12(7-9-19)11(2)20/h4-5,10-12,20H,3,6-9H2,1-2H3,(H,18,21). The molecule has 1 aliphatic rings. The Balaban J connectivity index is 1.91. The second kappa shape index (κ2) is 7.45. The lowest BCUT2D eigenvalue weighted by Crippen LogP contribution is -2.42. The lowest BCUT2D eigenvalue weighted by molar-refractivity contribution is 0.0820. The number of likely N-dealkylation sites (tertiary alicyclic amines) is 1. The molecular formula is C16H23FN2O3. The first-order valence-electron chi connectivity index (χ1n) is 7.67. The van der Waals surface area contributed by atoms with E-state index < -0.39 is 5.82 Å². The van der Waals surface area contributed by atoms with Crippen molar-refractivity contribution in [2.45, 2.75) is 32.8 Å². The van der Waals surface area contributed by atoms with Crippen LogP contribution in [0.4, 0.5) is 14.9 Å². The van der Waals surface area contributed by atoms with Gasteiger partial charge in [0.25, 0.3) is 0 Å². The molecule has 1 unspecified atom stereocenters. The number of urea groups is 1. The fourth-order valence-electron chi connectivity index (χ4n) is 2.64. The summed E-state index contributed by atoms with van der Waals surface area (Å²) < 4.78 is 18.9. The van der Waals surface area contributed by atoms with E-state index in [4.69, 9.17) is 4.74 Å². The normalized spacial score (nSPS) is 17.2. The molecule has 1 saturated heterocycles. The number of carbonyl (C=O) groups is 1. The Labute approximate surface area is 130 Å². The van der Waals surface area contributed by atoms with Crippen LogP contribution in [0.1, 0.15) is 26.7 Å². The van der Waals surface area contributed by atoms with Crippen LogP contribution < -0.4 is 10.1 Å². The molecule has 2 rings (SSSR count). The van der Waals surface area contributed by atoms with Crippen LogP contribution in [-0.4, -0.2) is 41.8 Å². The van der Waals surface area contributed by atoms with E-state index in [1.54, 1.807) is 24.8 Å². The summed E-state index contributed by atoms with van der Waals surface area (Å²) in [6.45, 7) is 5.15. The van der Waals surface area contributed by atoms with Gasteiger partial charge in [-0.1, -0.05) is 0 Å². The van der Waals surface area contributed by atoms with Crippen molar-refractivity contribution >= 4 is 11.7 Å². The first-order chi connectivity index (χ1) is 10.5. The highest BCUT2D eigenvalue weighted by Gasteiger charge is 2.25. The van der Waals surface area contributed by atoms with E-state index in [2.05, 4.69) is 5.32 Å². The minimum Gasteiger partial charge on any atom is -0.491 e. The predicted octanol–water partition coefficient (Wildman–Crippen LogP) is 2.85. The van der Waals surface area contributed by atoms with Gasteiger partial charge in [-0.3, -0.25) is 0 Å². The van der Waals surface area contributed by atoms with Gasteiger partial charge in [0.1, 0.15) is 0 Å². The lowest BCUT2D eigenvalue weighted by atomic mass is 9.92. The highest BCUT2D eigenvalue weighted by molar-refractivity contribution is 5.89. The number of rotatable bonds is 4. The third kappa shape index (κ3) is 4.10. The van der Waals surface area contributed by atoms with Crippen molar-refractivity contribution < 1.29 is 19.0 Å². The van der Waals surface area contributed by atoms with Gasteiger partial charge in [-0.15, -0.1) is 0 Å². The third-order valence-electron chi connectivity index (χ3n) is 3.99. The zero-order valence-electron chi connectivity index (χ0n) is 13.0. The Morgan fingerprint density at radius 2 is 2.18 bits per heavy atom. The Morgan fingerprint density at radius 3 is 2.73 bits per heavy atom. The number of ether oxygens (including phenoxy) is 1. The SMILES string of the molecule is CCOc1ccc(NC(=O)N2CCC(C(C)O)CC2)cc1F. The number of carbonyl (C=O) groups excluding carboxylic acids is 1. The quantitative estimate of drug-likeness (QED) is 0.899. The second-order valence-electron chi connectivity index (χ2n) is 5.57. The van der Waals surface area contributed by atoms with Crippen LogP contribution in [0.2, 0.25) is 0 Å². The van der Waals surface area contributed by atoms with Gasteiger partial charge in [-0.2, -0.15) is 0 Å². The Hall–Kier alpha value is -1.82. The van der Waals surface area contributed by atoms with Crippen molar-refractivity contribution in [3.05, 3.63) is 24.0 Å². The number of nitrogens with zero attached hydrogens (tertiary/aromatic N) is 1. The van der Waals surface area contributed by atoms with Gasteiger partial charge in [0.15, 0.2) is 11.6 Å². The molecule has 1 heterocycles. The molecule has 0 bridgehead atoms. The van der Waals surface area contributed by atoms with Gasteiger partial charge >= 0.3 is 6.03 Å². The largest absolute Gasteiger partial charge is 0.491 e. The molecule has 1 atom stereocenters. The summed E-state index contributed by atoms with van der Waals surface area (Å²) >= 11 is 0. The number of amides is 2. The average Bonchev–Trinajstić information content (AvgIpc) is 2.50. The van der Waals surface area contributed by atoms with Crippen LogP contribution in [0.3, 0.4) is 0 Å². The highest BCUT2D eigenvalue weighted by atomic mass is 19.1. The van der Waals surface area contributed by atoms with E-state index in [0.29, 0.717) is 25.4 Å². The van der Waals surface area contributed by atoms with Crippen LogP contribution in [0.5, 0.6) is 5.75 Å². The van der Waals surface area contributed by atoms with Crippen molar-refractivity contribution in [3.8, 4) is 5.75 Å². The number of benzene rings is 1. The molecule has 122 valence electrons. The average molecular weight is 310 g/mol. The topological polar surface area (TPSA) is 61.8 Å². The van der Waals surface area contributed by atoms with Crippen LogP contribution in [0.15, 0.2) is 18.2 Å². The molecule has 1 aliphatic heterocycles. The smallest absolute Gasteiger partial charge is 0.321 e. The van der Waals surface area contributed by atoms with E-state index in [1.165, 1.54) is 12.1 Å². The molecule has 1 aromatic rings. The van der Waals surface area contributed by atoms with Crippen LogP contribution in [0, 0.1) is 11.7 Å². The van der Waals surface area contributed by atoms with Crippen LogP contribution in [-0.2, 0) is 0 Å². The summed E-state index contributed by atoms with van der Waals surface area (Å²) in [5.74, 6) is -0.0716. The van der Waals surface area contributed by atoms with Crippen molar-refractivity contribution in [2.75, 3.05) is 25.0 Å². The van der Waals surface area contributed by atoms with Crippen LogP contribution >= 0.6 is 0 Å². The molecule has 0 aromatic heterocycles. The molecule has 5 nitrogen and oxygen atoms in total. The van der Waals surface area contributed by atoms with Crippen molar-refractivity contribution in [3.63, 3.8) is 0 Å². The molecule has 0 radical (unpaired) electrons. The zero-order chi connectivity index (χ0) is 16.1. The van der Waals surface area contributed by atoms with Crippen molar-refractivity contribution in [2.24, 2.45) is 5.92 Å². The summed E-state index contributed by atoms with van der Waals surface area (Å²) in [7, 11) is 0. The number of aliphatic hydroxyl groups excluding tert-OH is 1. The summed E-state index contributed by atoms with van der Waals surface area (Å²) in [5.41, 5.74) is 0.406. The molecule has 6 heteroatoms. The molecule has 2 amide bonds. The predicted molar refractivity (Wildman–Crippen MR) is 82.6 cm³/mol. The number of piperidine rings is 1. The highest BCUT2D eigenvalue weighted by Crippen LogP contribution is 2.23. The summed E-state index contributed by atoms with van der Waals surface area (Å²) in [5, 5.41) is 12.3. The van der Waals surface area contributed by atoms with Gasteiger partial charge in [-0.05, 0) is 44.7 Å². The summed E-state index contributed by atoms with van der Waals surface area (Å²) in [6, 6.07) is 4.14. The number of hydrogen-bond donors (Lipinski definition) is 2. The van der Waals surface area contributed by atoms with Gasteiger partial charge in [-0.25, -0.2) is 9.18 Å². The maximum absolute atomic E-state index is 13.8. The van der Waals surface area contributed by atoms with Gasteiger partial charge in [0.2, 0.25) is 0 Å². The van der Waals surface area contributed by atoms with E-state index >= 15 is 0 Å². The molecule has 1 fully saturated rings. The lowest BCUT2D eigenvalue weighted by Gasteiger charge is -2.33. The number of halogens is 1. The first kappa shape index (κ1) is 16.5. The molecule has 22 heavy (non-hydrogen) atoms. The first-order valence-corrected chi connectivity index (χ1v) is 7.67. The maximum Gasteiger partial charge on any atom is 0.321 e. The van der Waals surface area contributed by atoms with Gasteiger partial charge in [0, 0.05) is 24.8 Å². The molecule has 1 aromatic carbocycles. The van der Waals surface area contributed by atoms with Crippen molar-refractivity contribution in [1.29, 1.82) is 0 Å². The summed E-state index contributed by atoms with van der Waals surface area (Å²) in [6.07, 6.45) is 1.22. The fraction of sp³-hybridized carbons (Fsp3) is 0.562.